The Morgan fingerprint density at radius 3 is 1.59 bits per heavy atom. The number of carboxylic acids is 4. The van der Waals surface area contributed by atoms with E-state index in [2.05, 4.69) is 41.3 Å². The number of fused-ring (bicyclic) bond motifs is 1. The first-order valence-electron chi connectivity index (χ1n) is 35.3. The summed E-state index contributed by atoms with van der Waals surface area (Å²) in [6, 6.07) is 5.42. The molecule has 1 aliphatic rings. The van der Waals surface area contributed by atoms with Crippen molar-refractivity contribution < 1.29 is 140 Å². The third-order valence-electron chi connectivity index (χ3n) is 16.2. The van der Waals surface area contributed by atoms with Crippen molar-refractivity contribution in [1.29, 1.82) is 0 Å². The Labute approximate surface area is 647 Å². The molecule has 0 spiro atoms. The number of ether oxygens (including phenoxy) is 4. The van der Waals surface area contributed by atoms with Crippen LogP contribution in [-0.2, 0) is 85.8 Å². The minimum atomic E-state index is -5.77. The molecule has 1 aliphatic heterocycles. The zero-order valence-electron chi connectivity index (χ0n) is 62.5. The normalized spacial score (nSPS) is 14.2. The van der Waals surface area contributed by atoms with Crippen LogP contribution in [0.3, 0.4) is 0 Å². The number of H-pyrrole nitrogens is 1. The van der Waals surface area contributed by atoms with Crippen LogP contribution in [0.1, 0.15) is 72.0 Å². The molecular weight excluding hydrogens is 1570 g/mol. The van der Waals surface area contributed by atoms with Crippen LogP contribution >= 0.6 is 0 Å². The number of amides is 4. The van der Waals surface area contributed by atoms with E-state index < -0.39 is 106 Å². The number of rotatable bonds is 44. The lowest BCUT2D eigenvalue weighted by molar-refractivity contribution is -0.193. The molecule has 4 aromatic rings. The van der Waals surface area contributed by atoms with Gasteiger partial charge >= 0.3 is 54.0 Å². The molecule has 0 bridgehead atoms. The highest BCUT2D eigenvalue weighted by molar-refractivity contribution is 7.89. The first-order chi connectivity index (χ1) is 53.5. The van der Waals surface area contributed by atoms with E-state index in [1.165, 1.54) is 32.2 Å². The monoisotopic (exact) mass is 1660 g/mol. The zero-order valence-corrected chi connectivity index (χ0v) is 63.3. The van der Waals surface area contributed by atoms with Crippen molar-refractivity contribution in [3.8, 4) is 5.75 Å². The van der Waals surface area contributed by atoms with Crippen LogP contribution in [-0.4, -0.2) is 310 Å². The van der Waals surface area contributed by atoms with E-state index in [0.717, 1.165) is 5.56 Å². The second-order valence-corrected chi connectivity index (χ2v) is 27.0. The highest BCUT2D eigenvalue weighted by Gasteiger charge is 2.54. The zero-order chi connectivity index (χ0) is 85.4. The third kappa shape index (κ3) is 38.8. The molecule has 0 radical (unpaired) electrons. The van der Waals surface area contributed by atoms with Gasteiger partial charge in [-0.25, -0.2) is 13.4 Å². The Hall–Kier alpha value is -9.81. The molecule has 638 valence electrons. The lowest BCUT2D eigenvalue weighted by atomic mass is 10.1. The smallest absolute Gasteiger partial charge is 0.458 e. The number of hydrogen-bond acceptors (Lipinski definition) is 25. The topological polar surface area (TPSA) is 502 Å². The number of aromatic amines is 1. The van der Waals surface area contributed by atoms with Crippen molar-refractivity contribution in [3.05, 3.63) is 81.4 Å². The number of pyridine rings is 1. The fourth-order valence-corrected chi connectivity index (χ4v) is 12.3. The van der Waals surface area contributed by atoms with Crippen molar-refractivity contribution in [2.24, 2.45) is 12.8 Å². The Bertz CT molecular complexity index is 3910. The molecule has 46 heteroatoms. The summed E-state index contributed by atoms with van der Waals surface area (Å²) in [6.45, 7) is 6.81. The van der Waals surface area contributed by atoms with Gasteiger partial charge in [0, 0.05) is 129 Å². The first-order valence-corrected chi connectivity index (χ1v) is 36.7. The molecule has 114 heavy (non-hydrogen) atoms. The lowest BCUT2D eigenvalue weighted by Crippen LogP contribution is -2.52. The molecule has 1 fully saturated rings. The molecule has 5 rings (SSSR count). The lowest BCUT2D eigenvalue weighted by Gasteiger charge is -2.33. The van der Waals surface area contributed by atoms with E-state index in [-0.39, 0.29) is 137 Å². The minimum absolute atomic E-state index is 0.142. The standard InChI is InChI=1S/C62H94N14O19S.C4F6O2.C2HF3O/c1-43-33-46(34-44(2)58(43)96(90,91)71-50(61(88)89)37-68-59(86)48-38-72(3)51-35-45(11-12-47(51)57(48)85)36-69-62-66-16-17-67-62)95-28-6-10-52(77)64-14-7-26-92-29-31-94-32-30-93-27-8-15-65-60(87)49(9-4-5-13-63)70-53(78)39-73-18-20-74(40-54(79)80)22-24-76(42-56(83)84)25-23-75(21-19-73)41-55(81)82;5-3(6,7)1(11)2(12)4(8,9)10;3-2(4,5)1-6/h11-12,16-17,33-35,38,49-50,71H,4-10,13-15,18-32,36-37,39-42,63H2,1-3H3,(H,64,77)(H,65,87)(H,68,86)(H,70,78)(H,79,80)(H,81,82)(H,83,84)(H,88,89)(H2,66,67,69);;1H/t49-,50+;;/m1../s1. The van der Waals surface area contributed by atoms with Gasteiger partial charge in [0.1, 0.15) is 23.4 Å². The molecule has 2 aromatic heterocycles. The minimum Gasteiger partial charge on any atom is -0.494 e. The van der Waals surface area contributed by atoms with Gasteiger partial charge in [-0.1, -0.05) is 6.07 Å². The Morgan fingerprint density at radius 1 is 0.640 bits per heavy atom. The number of aromatic nitrogens is 3. The molecule has 4 amide bonds. The summed E-state index contributed by atoms with van der Waals surface area (Å²) in [7, 11) is -2.82. The highest BCUT2D eigenvalue weighted by Crippen LogP contribution is 2.27. The highest BCUT2D eigenvalue weighted by atomic mass is 32.2. The van der Waals surface area contributed by atoms with Gasteiger partial charge in [-0.05, 0) is 99.9 Å². The maximum absolute atomic E-state index is 13.7. The number of nitrogens with two attached hydrogens (primary N) is 1. The first kappa shape index (κ1) is 98.4. The summed E-state index contributed by atoms with van der Waals surface area (Å²) in [5.74, 6) is -12.6. The summed E-state index contributed by atoms with van der Waals surface area (Å²) in [6.07, 6.45) is -9.52. The molecular formula is C68H95F9N14O22S. The summed E-state index contributed by atoms with van der Waals surface area (Å²) in [4.78, 5) is 155. The number of nitrogens with one attached hydrogen (secondary N) is 7. The Balaban J connectivity index is 0.00000166. The number of halogens is 9. The number of imidazole rings is 1. The van der Waals surface area contributed by atoms with Gasteiger partial charge in [0.2, 0.25) is 39.5 Å². The number of alkyl halides is 9. The van der Waals surface area contributed by atoms with Crippen LogP contribution in [0, 0.1) is 13.8 Å². The third-order valence-corrected chi connectivity index (χ3v) is 17.9. The number of hydrogen-bond donors (Lipinski definition) is 12. The number of nitrogens with zero attached hydrogens (tertiary/aromatic N) is 6. The van der Waals surface area contributed by atoms with Crippen LogP contribution in [0.5, 0.6) is 5.75 Å². The van der Waals surface area contributed by atoms with Crippen molar-refractivity contribution in [2.75, 3.05) is 156 Å². The molecule has 2 aromatic carbocycles. The molecule has 0 aliphatic carbocycles. The molecule has 0 saturated carbocycles. The van der Waals surface area contributed by atoms with E-state index in [9.17, 15) is 121 Å². The maximum atomic E-state index is 13.7. The van der Waals surface area contributed by atoms with Crippen molar-refractivity contribution >= 4 is 92.2 Å². The fourth-order valence-electron chi connectivity index (χ4n) is 10.7. The van der Waals surface area contributed by atoms with E-state index in [1.807, 2.05) is 0 Å². The molecule has 1 saturated heterocycles. The summed E-state index contributed by atoms with van der Waals surface area (Å²) in [5.41, 5.74) is 6.76. The van der Waals surface area contributed by atoms with Crippen LogP contribution in [0.15, 0.2) is 58.6 Å². The quantitative estimate of drug-likeness (QED) is 0.0127. The number of anilines is 1. The number of sulfonamides is 1. The van der Waals surface area contributed by atoms with Gasteiger partial charge in [-0.15, -0.1) is 0 Å². The Kier molecular flexibility index (Phi) is 42.9. The number of Topliss-reactive ketones (excluding diaryl/α,β-unsaturated/α-hetero) is 2. The van der Waals surface area contributed by atoms with E-state index in [0.29, 0.717) is 115 Å². The maximum Gasteiger partial charge on any atom is 0.458 e. The van der Waals surface area contributed by atoms with Crippen LogP contribution in [0.2, 0.25) is 0 Å². The van der Waals surface area contributed by atoms with Gasteiger partial charge in [0.25, 0.3) is 5.91 Å². The van der Waals surface area contributed by atoms with Crippen LogP contribution in [0.25, 0.3) is 10.9 Å². The molecule has 36 nitrogen and oxygen atoms in total. The number of ketones is 2. The van der Waals surface area contributed by atoms with E-state index in [4.69, 9.17) is 29.5 Å². The van der Waals surface area contributed by atoms with Crippen LogP contribution in [0.4, 0.5) is 45.5 Å². The number of aliphatic carboxylic acids is 4. The van der Waals surface area contributed by atoms with E-state index >= 15 is 0 Å². The van der Waals surface area contributed by atoms with Crippen LogP contribution < -0.4 is 47.2 Å². The molecule has 3 heterocycles. The van der Waals surface area contributed by atoms with Gasteiger partial charge in [0.05, 0.1) is 69.6 Å². The number of benzene rings is 2. The van der Waals surface area contributed by atoms with Gasteiger partial charge in [0.15, 0.2) is 5.95 Å². The number of unbranched alkanes of at least 4 members (excludes halogenated alkanes) is 1. The average molecular weight is 1660 g/mol. The number of aryl methyl sites for hydroxylation is 3. The SMILES string of the molecule is Cc1cc(OCCCC(=O)NCCCOCCOCCOCCCNC(=O)[C@@H](CCCCN)NC(=O)CN2CCN(CC(=O)O)CCN(CC(=O)O)CCN(CC(=O)O)CC2)cc(C)c1S(=O)(=O)N[C@@H](CNC(=O)c1cn(C)c2cc(CNc3ncc[nH]3)ccc2c1=O)C(=O)O.O=C(C(=O)C(F)(F)F)C(F)(F)F.O=CC(F)(F)F. The largest absolute Gasteiger partial charge is 0.494 e. The summed E-state index contributed by atoms with van der Waals surface area (Å²) >= 11 is 0. The fraction of sp³-hybridized carbons (Fsp3) is 0.574. The number of carbonyl (C=O) groups is 11. The molecule has 13 N–H and O–H groups in total. The Morgan fingerprint density at radius 2 is 1.13 bits per heavy atom. The number of aldehydes is 1. The van der Waals surface area contributed by atoms with Crippen molar-refractivity contribution in [2.45, 2.75) is 101 Å². The van der Waals surface area contributed by atoms with Crippen molar-refractivity contribution in [1.82, 2.24) is 60.1 Å². The summed E-state index contributed by atoms with van der Waals surface area (Å²) in [5, 5.41) is 52.8. The average Bonchev–Trinajstić information content (AvgIpc) is 0.802. The second kappa shape index (κ2) is 49.7. The molecule has 2 atom stereocenters. The second-order valence-electron chi connectivity index (χ2n) is 25.4. The van der Waals surface area contributed by atoms with Gasteiger partial charge in [-0.3, -0.25) is 77.1 Å². The predicted molar refractivity (Wildman–Crippen MR) is 385 cm³/mol. The number of carboxylic acid groups (broad SMARTS) is 4. The van der Waals surface area contributed by atoms with Gasteiger partial charge in [-0.2, -0.15) is 44.2 Å². The van der Waals surface area contributed by atoms with Crippen molar-refractivity contribution in [3.63, 3.8) is 0 Å². The van der Waals surface area contributed by atoms with E-state index in [1.54, 1.807) is 61.8 Å². The number of carbonyl (C=O) groups excluding carboxylic acids is 7. The molecule has 0 unspecified atom stereocenters. The predicted octanol–water partition coefficient (Wildman–Crippen LogP) is 0.959. The van der Waals surface area contributed by atoms with Gasteiger partial charge < -0.3 is 81.2 Å². The summed E-state index contributed by atoms with van der Waals surface area (Å²) < 4.78 is 152.